The number of benzene rings is 1. The Morgan fingerprint density at radius 2 is 2.06 bits per heavy atom. The van der Waals surface area contributed by atoms with Crippen molar-refractivity contribution in [1.29, 1.82) is 0 Å². The van der Waals surface area contributed by atoms with Crippen LogP contribution in [0.1, 0.15) is 59.4 Å². The molecule has 4 heterocycles. The summed E-state index contributed by atoms with van der Waals surface area (Å²) in [5, 5.41) is 8.33. The van der Waals surface area contributed by atoms with Crippen molar-refractivity contribution in [3.05, 3.63) is 72.2 Å². The summed E-state index contributed by atoms with van der Waals surface area (Å²) in [7, 11) is 1.66. The van der Waals surface area contributed by atoms with Crippen LogP contribution < -0.4 is 4.74 Å². The number of rotatable bonds is 7. The highest BCUT2D eigenvalue weighted by molar-refractivity contribution is 6.04. The fourth-order valence-corrected chi connectivity index (χ4v) is 4.56. The number of hydrogen-bond acceptors (Lipinski definition) is 7. The molecule has 1 aromatic carbocycles. The molecule has 1 aliphatic heterocycles. The number of pyridine rings is 1. The molecule has 1 saturated carbocycles. The summed E-state index contributed by atoms with van der Waals surface area (Å²) in [6, 6.07) is 11.4. The standard InChI is InChI=1S/C26H26N6O3/c1-16(12-34-2)32-15-28-30-26(32)22-5-3-4-21(29-22)20-13-35-24-9-8-18(10-19(24)25(20)33)31-11-23(27-14-31)17-6-7-17/h3-5,8-11,14-17,20H,6-7,12-13H2,1-2H3. The largest absolute Gasteiger partial charge is 0.492 e. The Hall–Kier alpha value is -3.85. The summed E-state index contributed by atoms with van der Waals surface area (Å²) >= 11 is 0. The van der Waals surface area contributed by atoms with Crippen molar-refractivity contribution >= 4 is 5.78 Å². The van der Waals surface area contributed by atoms with E-state index < -0.39 is 5.92 Å². The number of ketones is 1. The summed E-state index contributed by atoms with van der Waals surface area (Å²) in [6.45, 7) is 2.80. The third-order valence-electron chi connectivity index (χ3n) is 6.66. The lowest BCUT2D eigenvalue weighted by Crippen LogP contribution is -2.27. The Kier molecular flexibility index (Phi) is 5.41. The Morgan fingerprint density at radius 3 is 2.89 bits per heavy atom. The Labute approximate surface area is 202 Å². The fraction of sp³-hybridized carbons (Fsp3) is 0.346. The maximum absolute atomic E-state index is 13.6. The predicted octanol–water partition coefficient (Wildman–Crippen LogP) is 3.97. The van der Waals surface area contributed by atoms with Crippen LogP contribution in [0, 0.1) is 0 Å². The third kappa shape index (κ3) is 4.01. The number of fused-ring (bicyclic) bond motifs is 1. The summed E-state index contributed by atoms with van der Waals surface area (Å²) in [5.41, 5.74) is 3.86. The van der Waals surface area contributed by atoms with Gasteiger partial charge in [-0.3, -0.25) is 4.79 Å². The molecule has 2 aliphatic rings. The normalized spacial score (nSPS) is 18.2. The molecule has 3 aromatic heterocycles. The Bertz CT molecular complexity index is 1390. The van der Waals surface area contributed by atoms with Crippen molar-refractivity contribution in [3.63, 3.8) is 0 Å². The number of aromatic nitrogens is 6. The zero-order valence-corrected chi connectivity index (χ0v) is 19.7. The number of imidazole rings is 1. The minimum absolute atomic E-state index is 0.00509. The molecular weight excluding hydrogens is 444 g/mol. The molecule has 178 valence electrons. The van der Waals surface area contributed by atoms with E-state index in [2.05, 4.69) is 21.4 Å². The SMILES string of the molecule is COCC(C)n1cnnc1-c1cccc(C2COc3ccc(-n4cnc(C5CC5)c4)cc3C2=O)n1. The average molecular weight is 471 g/mol. The first-order valence-corrected chi connectivity index (χ1v) is 11.8. The number of hydrogen-bond donors (Lipinski definition) is 0. The second kappa shape index (κ2) is 8.74. The molecule has 6 rings (SSSR count). The number of nitrogens with zero attached hydrogens (tertiary/aromatic N) is 6. The van der Waals surface area contributed by atoms with Crippen LogP contribution in [0.15, 0.2) is 55.2 Å². The second-order valence-electron chi connectivity index (χ2n) is 9.20. The zero-order chi connectivity index (χ0) is 23.9. The summed E-state index contributed by atoms with van der Waals surface area (Å²) in [6.07, 6.45) is 7.93. The first-order chi connectivity index (χ1) is 17.1. The molecule has 0 spiro atoms. The van der Waals surface area contributed by atoms with Crippen LogP contribution in [-0.2, 0) is 4.74 Å². The molecule has 1 fully saturated rings. The van der Waals surface area contributed by atoms with Gasteiger partial charge in [0.05, 0.1) is 41.8 Å². The van der Waals surface area contributed by atoms with Gasteiger partial charge in [-0.15, -0.1) is 10.2 Å². The number of carbonyl (C=O) groups is 1. The zero-order valence-electron chi connectivity index (χ0n) is 19.7. The molecule has 9 heteroatoms. The van der Waals surface area contributed by atoms with E-state index in [9.17, 15) is 4.79 Å². The lowest BCUT2D eigenvalue weighted by Gasteiger charge is -2.24. The minimum atomic E-state index is -0.504. The van der Waals surface area contributed by atoms with Crippen molar-refractivity contribution < 1.29 is 14.3 Å². The van der Waals surface area contributed by atoms with Gasteiger partial charge in [0, 0.05) is 24.9 Å². The van der Waals surface area contributed by atoms with Crippen LogP contribution in [0.5, 0.6) is 5.75 Å². The smallest absolute Gasteiger partial charge is 0.182 e. The molecule has 35 heavy (non-hydrogen) atoms. The molecule has 0 bridgehead atoms. The summed E-state index contributed by atoms with van der Waals surface area (Å²) in [4.78, 5) is 22.9. The maximum Gasteiger partial charge on any atom is 0.182 e. The molecule has 0 amide bonds. The van der Waals surface area contributed by atoms with Gasteiger partial charge < -0.3 is 18.6 Å². The first-order valence-electron chi connectivity index (χ1n) is 11.8. The number of carbonyl (C=O) groups excluding carboxylic acids is 1. The van der Waals surface area contributed by atoms with Gasteiger partial charge in [-0.25, -0.2) is 9.97 Å². The van der Waals surface area contributed by atoms with Gasteiger partial charge >= 0.3 is 0 Å². The van der Waals surface area contributed by atoms with Crippen LogP contribution in [0.4, 0.5) is 0 Å². The molecule has 9 nitrogen and oxygen atoms in total. The fourth-order valence-electron chi connectivity index (χ4n) is 4.56. The van der Waals surface area contributed by atoms with E-state index in [-0.39, 0.29) is 18.4 Å². The molecule has 2 atom stereocenters. The van der Waals surface area contributed by atoms with Gasteiger partial charge in [0.15, 0.2) is 11.6 Å². The van der Waals surface area contributed by atoms with Crippen molar-refractivity contribution in [1.82, 2.24) is 29.3 Å². The maximum atomic E-state index is 13.6. The Morgan fingerprint density at radius 1 is 1.17 bits per heavy atom. The van der Waals surface area contributed by atoms with E-state index in [4.69, 9.17) is 14.5 Å². The van der Waals surface area contributed by atoms with Crippen molar-refractivity contribution in [2.75, 3.05) is 20.3 Å². The minimum Gasteiger partial charge on any atom is -0.492 e. The molecule has 0 radical (unpaired) electrons. The van der Waals surface area contributed by atoms with Crippen LogP contribution in [0.2, 0.25) is 0 Å². The summed E-state index contributed by atoms with van der Waals surface area (Å²) in [5.74, 6) is 1.30. The molecule has 4 aromatic rings. The van der Waals surface area contributed by atoms with Gasteiger partial charge in [0.1, 0.15) is 24.4 Å². The first kappa shape index (κ1) is 21.7. The topological polar surface area (TPSA) is 97.0 Å². The number of ether oxygens (including phenoxy) is 2. The summed E-state index contributed by atoms with van der Waals surface area (Å²) < 4.78 is 15.2. The van der Waals surface area contributed by atoms with Crippen molar-refractivity contribution in [2.24, 2.45) is 0 Å². The van der Waals surface area contributed by atoms with Gasteiger partial charge in [-0.1, -0.05) is 6.07 Å². The lowest BCUT2D eigenvalue weighted by atomic mass is 9.91. The highest BCUT2D eigenvalue weighted by atomic mass is 16.5. The molecule has 0 saturated heterocycles. The number of Topliss-reactive ketones (excluding diaryl/α,β-unsaturated/α-hetero) is 1. The monoisotopic (exact) mass is 470 g/mol. The van der Waals surface area contributed by atoms with Crippen molar-refractivity contribution in [2.45, 2.75) is 37.6 Å². The van der Waals surface area contributed by atoms with Gasteiger partial charge in [-0.05, 0) is 50.1 Å². The van der Waals surface area contributed by atoms with Crippen LogP contribution in [-0.4, -0.2) is 55.4 Å². The van der Waals surface area contributed by atoms with E-state index in [1.165, 1.54) is 12.8 Å². The van der Waals surface area contributed by atoms with E-state index in [1.807, 2.05) is 58.8 Å². The average Bonchev–Trinajstić information content (AvgIpc) is 3.40. The number of methoxy groups -OCH3 is 1. The van der Waals surface area contributed by atoms with Crippen LogP contribution in [0.25, 0.3) is 17.2 Å². The molecule has 1 aliphatic carbocycles. The quantitative estimate of drug-likeness (QED) is 0.403. The van der Waals surface area contributed by atoms with Crippen molar-refractivity contribution in [3.8, 4) is 23.0 Å². The van der Waals surface area contributed by atoms with Gasteiger partial charge in [0.2, 0.25) is 0 Å². The molecule has 0 N–H and O–H groups in total. The van der Waals surface area contributed by atoms with Gasteiger partial charge in [0.25, 0.3) is 0 Å². The van der Waals surface area contributed by atoms with Crippen LogP contribution in [0.3, 0.4) is 0 Å². The molecule has 2 unspecified atom stereocenters. The Balaban J connectivity index is 1.29. The van der Waals surface area contributed by atoms with E-state index >= 15 is 0 Å². The highest BCUT2D eigenvalue weighted by Gasteiger charge is 2.32. The predicted molar refractivity (Wildman–Crippen MR) is 128 cm³/mol. The van der Waals surface area contributed by atoms with Crippen LogP contribution >= 0.6 is 0 Å². The highest BCUT2D eigenvalue weighted by Crippen LogP contribution is 2.39. The third-order valence-corrected chi connectivity index (χ3v) is 6.66. The lowest BCUT2D eigenvalue weighted by molar-refractivity contribution is 0.0893. The second-order valence-corrected chi connectivity index (χ2v) is 9.20. The van der Waals surface area contributed by atoms with E-state index in [0.717, 1.165) is 11.4 Å². The van der Waals surface area contributed by atoms with E-state index in [1.54, 1.807) is 13.4 Å². The molecular formula is C26H26N6O3. The van der Waals surface area contributed by atoms with Gasteiger partial charge in [-0.2, -0.15) is 0 Å². The van der Waals surface area contributed by atoms with E-state index in [0.29, 0.717) is 41.1 Å².